The molecule has 0 aliphatic carbocycles. The maximum absolute atomic E-state index is 4.57. The van der Waals surface area contributed by atoms with Crippen molar-refractivity contribution in [3.8, 4) is 0 Å². The molecule has 5 nitrogen and oxygen atoms in total. The van der Waals surface area contributed by atoms with Crippen LogP contribution < -0.4 is 0 Å². The van der Waals surface area contributed by atoms with Crippen molar-refractivity contribution in [2.45, 2.75) is 51.0 Å². The fraction of sp³-hybridized carbons (Fsp3) is 0.889. The summed E-state index contributed by atoms with van der Waals surface area (Å²) in [6, 6.07) is 0. The summed E-state index contributed by atoms with van der Waals surface area (Å²) in [5.41, 5.74) is 0. The highest BCUT2D eigenvalue weighted by atomic mass is 32.2. The largest absolute Gasteiger partial charge is 0.317 e. The summed E-state index contributed by atoms with van der Waals surface area (Å²) in [4.78, 5) is 5.16. The van der Waals surface area contributed by atoms with Gasteiger partial charge in [-0.3, -0.25) is 4.90 Å². The second-order valence-corrected chi connectivity index (χ2v) is 8.32. The van der Waals surface area contributed by atoms with Gasteiger partial charge in [0.05, 0.1) is 6.54 Å². The van der Waals surface area contributed by atoms with Crippen molar-refractivity contribution in [3.63, 3.8) is 0 Å². The van der Waals surface area contributed by atoms with E-state index in [1.165, 1.54) is 82.8 Å². The summed E-state index contributed by atoms with van der Waals surface area (Å²) in [7, 11) is 2.17. The molecule has 24 heavy (non-hydrogen) atoms. The van der Waals surface area contributed by atoms with Crippen molar-refractivity contribution in [1.29, 1.82) is 0 Å². The van der Waals surface area contributed by atoms with E-state index in [0.29, 0.717) is 5.92 Å². The van der Waals surface area contributed by atoms with E-state index in [9.17, 15) is 0 Å². The van der Waals surface area contributed by atoms with Crippen molar-refractivity contribution in [1.82, 2.24) is 24.6 Å². The van der Waals surface area contributed by atoms with Gasteiger partial charge in [-0.1, -0.05) is 6.42 Å². The van der Waals surface area contributed by atoms with E-state index < -0.39 is 0 Å². The number of thioether (sulfide) groups is 1. The minimum atomic E-state index is 0.592. The van der Waals surface area contributed by atoms with E-state index in [4.69, 9.17) is 0 Å². The van der Waals surface area contributed by atoms with Crippen LogP contribution in [0.2, 0.25) is 0 Å². The average Bonchev–Trinajstić information content (AvgIpc) is 2.97. The third-order valence-corrected chi connectivity index (χ3v) is 6.28. The lowest BCUT2D eigenvalue weighted by Gasteiger charge is -2.31. The van der Waals surface area contributed by atoms with Crippen LogP contribution in [0.15, 0.2) is 0 Å². The molecule has 0 aromatic carbocycles. The number of hydrogen-bond donors (Lipinski definition) is 0. The predicted octanol–water partition coefficient (Wildman–Crippen LogP) is 2.73. The van der Waals surface area contributed by atoms with Crippen molar-refractivity contribution in [2.75, 3.05) is 44.7 Å². The van der Waals surface area contributed by atoms with Crippen LogP contribution in [-0.4, -0.2) is 69.3 Å². The van der Waals surface area contributed by atoms with Gasteiger partial charge in [0.1, 0.15) is 11.6 Å². The van der Waals surface area contributed by atoms with Crippen molar-refractivity contribution in [3.05, 3.63) is 11.6 Å². The van der Waals surface area contributed by atoms with Crippen LogP contribution in [0.5, 0.6) is 0 Å². The zero-order valence-corrected chi connectivity index (χ0v) is 16.2. The van der Waals surface area contributed by atoms with Gasteiger partial charge in [0.15, 0.2) is 0 Å². The average molecular weight is 352 g/mol. The second kappa shape index (κ2) is 9.20. The van der Waals surface area contributed by atoms with Gasteiger partial charge in [-0.05, 0) is 76.8 Å². The van der Waals surface area contributed by atoms with Gasteiger partial charge in [0.2, 0.25) is 0 Å². The molecular formula is C18H33N5S. The van der Waals surface area contributed by atoms with E-state index in [1.54, 1.807) is 0 Å². The summed E-state index contributed by atoms with van der Waals surface area (Å²) >= 11 is 1.95. The van der Waals surface area contributed by atoms with Crippen molar-refractivity contribution < 1.29 is 0 Å². The highest BCUT2D eigenvalue weighted by Gasteiger charge is 2.25. The Morgan fingerprint density at radius 3 is 2.46 bits per heavy atom. The quantitative estimate of drug-likeness (QED) is 0.706. The van der Waals surface area contributed by atoms with Crippen LogP contribution in [0.3, 0.4) is 0 Å². The van der Waals surface area contributed by atoms with Crippen LogP contribution in [0.1, 0.15) is 56.1 Å². The molecule has 0 bridgehead atoms. The maximum atomic E-state index is 4.57. The van der Waals surface area contributed by atoms with Gasteiger partial charge in [-0.2, -0.15) is 11.8 Å². The molecule has 0 unspecified atom stereocenters. The highest BCUT2D eigenvalue weighted by molar-refractivity contribution is 7.98. The summed E-state index contributed by atoms with van der Waals surface area (Å²) in [5, 5.41) is 9.09. The fourth-order valence-corrected chi connectivity index (χ4v) is 4.45. The Kier molecular flexibility index (Phi) is 6.98. The molecule has 6 heteroatoms. The topological polar surface area (TPSA) is 37.2 Å². The lowest BCUT2D eigenvalue weighted by Crippen LogP contribution is -2.34. The van der Waals surface area contributed by atoms with E-state index in [-0.39, 0.29) is 0 Å². The fourth-order valence-electron chi connectivity index (χ4n) is 4.03. The maximum Gasteiger partial charge on any atom is 0.146 e. The first kappa shape index (κ1) is 18.2. The molecule has 2 aliphatic rings. The number of likely N-dealkylation sites (tertiary alicyclic amines) is 2. The first-order valence-electron chi connectivity index (χ1n) is 9.59. The SMILES string of the molecule is CSCCCN1CCC(c2nnc(CN3CCCCC3)n2C)CC1. The monoisotopic (exact) mass is 351 g/mol. The van der Waals surface area contributed by atoms with Crippen LogP contribution in [0.4, 0.5) is 0 Å². The van der Waals surface area contributed by atoms with Gasteiger partial charge in [0.25, 0.3) is 0 Å². The highest BCUT2D eigenvalue weighted by Crippen LogP contribution is 2.27. The smallest absolute Gasteiger partial charge is 0.146 e. The Bertz CT molecular complexity index is 490. The molecule has 0 atom stereocenters. The van der Waals surface area contributed by atoms with Crippen molar-refractivity contribution >= 4 is 11.8 Å². The third-order valence-electron chi connectivity index (χ3n) is 5.59. The van der Waals surface area contributed by atoms with Crippen molar-refractivity contribution in [2.24, 2.45) is 7.05 Å². The third kappa shape index (κ3) is 4.73. The summed E-state index contributed by atoms with van der Waals surface area (Å²) < 4.78 is 2.28. The molecule has 2 aliphatic heterocycles. The van der Waals surface area contributed by atoms with E-state index >= 15 is 0 Å². The van der Waals surface area contributed by atoms with Crippen LogP contribution in [0, 0.1) is 0 Å². The summed E-state index contributed by atoms with van der Waals surface area (Å²) in [6.07, 6.45) is 10.0. The molecule has 0 radical (unpaired) electrons. The summed E-state index contributed by atoms with van der Waals surface area (Å²) in [5.74, 6) is 4.23. The molecule has 2 fully saturated rings. The Hall–Kier alpha value is -0.590. The zero-order valence-electron chi connectivity index (χ0n) is 15.4. The second-order valence-electron chi connectivity index (χ2n) is 7.33. The standard InChI is InChI=1S/C18H33N5S/c1-21-17(15-23-9-4-3-5-10-23)19-20-18(21)16-7-12-22(13-8-16)11-6-14-24-2/h16H,3-15H2,1-2H3. The Morgan fingerprint density at radius 2 is 1.75 bits per heavy atom. The molecule has 3 rings (SSSR count). The van der Waals surface area contributed by atoms with Gasteiger partial charge in [-0.15, -0.1) is 10.2 Å². The molecule has 0 N–H and O–H groups in total. The molecule has 2 saturated heterocycles. The van der Waals surface area contributed by atoms with Crippen LogP contribution >= 0.6 is 11.8 Å². The number of aromatic nitrogens is 3. The molecular weight excluding hydrogens is 318 g/mol. The predicted molar refractivity (Wildman–Crippen MR) is 102 cm³/mol. The van der Waals surface area contributed by atoms with E-state index in [0.717, 1.165) is 12.4 Å². The van der Waals surface area contributed by atoms with Gasteiger partial charge >= 0.3 is 0 Å². The molecule has 0 amide bonds. The molecule has 1 aromatic rings. The number of piperidine rings is 2. The van der Waals surface area contributed by atoms with E-state index in [2.05, 4.69) is 37.9 Å². The Labute approximate surface area is 151 Å². The molecule has 1 aromatic heterocycles. The molecule has 0 saturated carbocycles. The van der Waals surface area contributed by atoms with Crippen LogP contribution in [0.25, 0.3) is 0 Å². The Morgan fingerprint density at radius 1 is 1.00 bits per heavy atom. The lowest BCUT2D eigenvalue weighted by molar-refractivity contribution is 0.206. The first-order valence-corrected chi connectivity index (χ1v) is 11.0. The number of hydrogen-bond acceptors (Lipinski definition) is 5. The normalized spacial score (nSPS) is 21.4. The number of rotatable bonds is 7. The summed E-state index contributed by atoms with van der Waals surface area (Å²) in [6.45, 7) is 7.09. The minimum absolute atomic E-state index is 0.592. The number of nitrogens with zero attached hydrogens (tertiary/aromatic N) is 5. The van der Waals surface area contributed by atoms with Gasteiger partial charge in [0, 0.05) is 13.0 Å². The van der Waals surface area contributed by atoms with E-state index in [1.807, 2.05) is 11.8 Å². The molecule has 0 spiro atoms. The molecule has 136 valence electrons. The first-order chi connectivity index (χ1) is 11.8. The minimum Gasteiger partial charge on any atom is -0.317 e. The molecule has 3 heterocycles. The van der Waals surface area contributed by atoms with Crippen LogP contribution in [-0.2, 0) is 13.6 Å². The van der Waals surface area contributed by atoms with Gasteiger partial charge in [-0.25, -0.2) is 0 Å². The lowest BCUT2D eigenvalue weighted by atomic mass is 9.96. The van der Waals surface area contributed by atoms with Gasteiger partial charge < -0.3 is 9.47 Å². The Balaban J connectivity index is 1.50. The zero-order chi connectivity index (χ0) is 16.8.